The fourth-order valence-electron chi connectivity index (χ4n) is 7.54. The molecule has 8 aromatic carbocycles. The van der Waals surface area contributed by atoms with Crippen LogP contribution in [0.3, 0.4) is 0 Å². The van der Waals surface area contributed by atoms with E-state index in [9.17, 15) is 57.0 Å². The fraction of sp³-hybridized carbons (Fsp3) is 0.0870. The molecule has 72 heavy (non-hydrogen) atoms. The number of hydrogen-bond donors (Lipinski definition) is 6. The van der Waals surface area contributed by atoms with Crippen LogP contribution in [0.2, 0.25) is 0 Å². The van der Waals surface area contributed by atoms with Gasteiger partial charge in [-0.15, -0.1) is 15.3 Å². The molecule has 0 unspecified atom stereocenters. The number of aryl methyl sites for hydroxylation is 2. The van der Waals surface area contributed by atoms with Crippen LogP contribution in [0.4, 0.5) is 45.5 Å². The highest BCUT2D eigenvalue weighted by molar-refractivity contribution is 7.87. The predicted molar refractivity (Wildman–Crippen MR) is 264 cm³/mol. The summed E-state index contributed by atoms with van der Waals surface area (Å²) >= 11 is 0. The van der Waals surface area contributed by atoms with Crippen LogP contribution in [0, 0.1) is 13.8 Å². The number of fused-ring (bicyclic) bond motifs is 3. The maximum absolute atomic E-state index is 12.7. The van der Waals surface area contributed by atoms with Gasteiger partial charge in [0.05, 0.1) is 41.9 Å². The van der Waals surface area contributed by atoms with Crippen molar-refractivity contribution < 1.29 is 66.5 Å². The number of hydrogen-bond acceptors (Lipinski definition) is 18. The van der Waals surface area contributed by atoms with Crippen LogP contribution in [-0.2, 0) is 40.5 Å². The molecule has 0 fully saturated rings. The number of azo groups is 3. The summed E-state index contributed by atoms with van der Waals surface area (Å²) in [7, 11) is -16.9. The van der Waals surface area contributed by atoms with E-state index >= 15 is 0 Å². The second-order valence-electron chi connectivity index (χ2n) is 15.7. The lowest BCUT2D eigenvalue weighted by molar-refractivity contribution is 0.415. The van der Waals surface area contributed by atoms with E-state index in [4.69, 9.17) is 9.47 Å². The van der Waals surface area contributed by atoms with E-state index in [1.807, 2.05) is 0 Å². The Morgan fingerprint density at radius 1 is 0.458 bits per heavy atom. The molecule has 22 nitrogen and oxygen atoms in total. The van der Waals surface area contributed by atoms with Gasteiger partial charge in [0.15, 0.2) is 5.75 Å². The van der Waals surface area contributed by atoms with Crippen LogP contribution in [-0.4, -0.2) is 71.2 Å². The van der Waals surface area contributed by atoms with E-state index in [1.165, 1.54) is 32.4 Å². The summed E-state index contributed by atoms with van der Waals surface area (Å²) < 4.78 is 150. The third kappa shape index (κ3) is 10.5. The minimum absolute atomic E-state index is 0.0000406. The topological polar surface area (TPSA) is 342 Å². The first-order chi connectivity index (χ1) is 33.8. The molecular weight excluding hydrogens is 1020 g/mol. The van der Waals surface area contributed by atoms with Crippen LogP contribution in [0.5, 0.6) is 17.2 Å². The van der Waals surface area contributed by atoms with E-state index in [0.717, 1.165) is 42.5 Å². The molecule has 0 saturated heterocycles. The first-order valence-electron chi connectivity index (χ1n) is 20.5. The largest absolute Gasteiger partial charge is 0.505 e. The molecule has 8 aromatic rings. The van der Waals surface area contributed by atoms with E-state index in [2.05, 4.69) is 36.0 Å². The lowest BCUT2D eigenvalue weighted by atomic mass is 10.1. The molecule has 0 spiro atoms. The number of benzene rings is 8. The smallest absolute Gasteiger partial charge is 0.296 e. The SMILES string of the molecule is COc1ccc(Nc2ccc3c(O)c(N=Nc4cc(C)c(N=Nc5c(OC)cc(N=Nc6cc(S(=O)(=O)O)c7cccc(S(=O)(=O)O)c7c6)c6cc(S(=O)(=O)O)ccc56)cc4C)c(S(=O)(=O)O)cc3c2)cc1. The molecule has 0 atom stereocenters. The predicted octanol–water partition coefficient (Wildman–Crippen LogP) is 11.5. The minimum atomic E-state index is -5.01. The monoisotopic (exact) mass is 1060 g/mol. The van der Waals surface area contributed by atoms with Crippen molar-refractivity contribution in [2.24, 2.45) is 30.7 Å². The summed E-state index contributed by atoms with van der Waals surface area (Å²) in [5.41, 5.74) is 1.69. The summed E-state index contributed by atoms with van der Waals surface area (Å²) in [6.45, 7) is 3.29. The van der Waals surface area contributed by atoms with Gasteiger partial charge in [-0.05, 0) is 121 Å². The first kappa shape index (κ1) is 50.6. The molecular formula is C46H37N7O15S4. The Morgan fingerprint density at radius 2 is 1.06 bits per heavy atom. The molecule has 6 N–H and O–H groups in total. The fourth-order valence-corrected chi connectivity index (χ4v) is 10.1. The zero-order valence-electron chi connectivity index (χ0n) is 37.6. The zero-order valence-corrected chi connectivity index (χ0v) is 40.9. The van der Waals surface area contributed by atoms with E-state index < -0.39 is 71.5 Å². The average molecular weight is 1060 g/mol. The van der Waals surface area contributed by atoms with Crippen LogP contribution < -0.4 is 14.8 Å². The summed E-state index contributed by atoms with van der Waals surface area (Å²) in [4.78, 5) is -2.74. The molecule has 26 heteroatoms. The number of aromatic hydroxyl groups is 1. The molecule has 0 bridgehead atoms. The molecule has 0 aliphatic carbocycles. The summed E-state index contributed by atoms with van der Waals surface area (Å²) in [6, 6.07) is 26.1. The Labute approximate surface area is 410 Å². The molecule has 0 heterocycles. The maximum atomic E-state index is 12.7. The van der Waals surface area contributed by atoms with Crippen LogP contribution in [0.1, 0.15) is 11.1 Å². The van der Waals surface area contributed by atoms with Crippen molar-refractivity contribution in [1.29, 1.82) is 0 Å². The Hall–Kier alpha value is -7.82. The highest BCUT2D eigenvalue weighted by Gasteiger charge is 2.24. The maximum Gasteiger partial charge on any atom is 0.296 e. The van der Waals surface area contributed by atoms with Gasteiger partial charge in [-0.25, -0.2) is 0 Å². The average Bonchev–Trinajstić information content (AvgIpc) is 3.31. The zero-order chi connectivity index (χ0) is 52.1. The van der Waals surface area contributed by atoms with E-state index in [0.29, 0.717) is 28.3 Å². The number of anilines is 2. The second-order valence-corrected chi connectivity index (χ2v) is 21.3. The van der Waals surface area contributed by atoms with Crippen molar-refractivity contribution in [3.05, 3.63) is 126 Å². The van der Waals surface area contributed by atoms with Crippen molar-refractivity contribution in [2.75, 3.05) is 19.5 Å². The standard InChI is InChI=1S/C46H37N7O15S4/c1-24-17-38(50-53-45-43(72(64,65)66)19-26-18-28(10-14-32(26)46(45)54)47-27-8-11-30(67-3)12-9-27)25(2)16-37(24)49-52-44-34-15-13-31(69(55,56)57)22-35(34)39(23-40(44)68-4)51-48-29-20-36-33(42(21-29)71(61,62)63)6-5-7-41(36)70(58,59)60/h5-23,47,54H,1-4H3,(H,55,56,57)(H,58,59,60)(H,61,62,63)(H,64,65,66). The van der Waals surface area contributed by atoms with E-state index in [1.54, 1.807) is 68.4 Å². The second kappa shape index (κ2) is 19.1. The van der Waals surface area contributed by atoms with Gasteiger partial charge >= 0.3 is 0 Å². The molecule has 0 aliphatic rings. The first-order valence-corrected chi connectivity index (χ1v) is 26.3. The molecule has 0 radical (unpaired) electrons. The van der Waals surface area contributed by atoms with Gasteiger partial charge in [0.25, 0.3) is 40.5 Å². The quantitative estimate of drug-likeness (QED) is 0.0435. The number of ether oxygens (including phenoxy) is 2. The summed E-state index contributed by atoms with van der Waals surface area (Å²) in [5.74, 6) is 0.0816. The van der Waals surface area contributed by atoms with Crippen molar-refractivity contribution in [2.45, 2.75) is 33.4 Å². The van der Waals surface area contributed by atoms with Gasteiger partial charge in [-0.2, -0.15) is 49.0 Å². The number of nitrogens with zero attached hydrogens (tertiary/aromatic N) is 6. The Kier molecular flexibility index (Phi) is 13.4. The lowest BCUT2D eigenvalue weighted by Gasteiger charge is -2.12. The molecule has 0 amide bonds. The van der Waals surface area contributed by atoms with Gasteiger partial charge in [-0.1, -0.05) is 18.2 Å². The minimum Gasteiger partial charge on any atom is -0.505 e. The van der Waals surface area contributed by atoms with Crippen LogP contribution in [0.15, 0.2) is 166 Å². The van der Waals surface area contributed by atoms with Crippen LogP contribution in [0.25, 0.3) is 32.3 Å². The highest BCUT2D eigenvalue weighted by Crippen LogP contribution is 2.46. The molecule has 0 saturated carbocycles. The normalized spacial score (nSPS) is 12.8. The van der Waals surface area contributed by atoms with Crippen molar-refractivity contribution >= 4 is 118 Å². The Bertz CT molecular complexity index is 4130. The lowest BCUT2D eigenvalue weighted by Crippen LogP contribution is -2.03. The van der Waals surface area contributed by atoms with Gasteiger partial charge in [0, 0.05) is 44.4 Å². The number of nitrogens with one attached hydrogen (secondary N) is 1. The summed E-state index contributed by atoms with van der Waals surface area (Å²) in [6.07, 6.45) is 0. The third-order valence-corrected chi connectivity index (χ3v) is 14.5. The van der Waals surface area contributed by atoms with Gasteiger partial charge in [-0.3, -0.25) is 18.2 Å². The molecule has 370 valence electrons. The highest BCUT2D eigenvalue weighted by atomic mass is 32.2. The number of rotatable bonds is 14. The summed E-state index contributed by atoms with van der Waals surface area (Å²) in [5, 5.41) is 39.9. The van der Waals surface area contributed by atoms with Gasteiger partial charge in [0.2, 0.25) is 0 Å². The number of phenolic OH excluding ortho intramolecular Hbond substituents is 1. The van der Waals surface area contributed by atoms with Crippen LogP contribution >= 0.6 is 0 Å². The van der Waals surface area contributed by atoms with Gasteiger partial charge in [0.1, 0.15) is 37.6 Å². The Morgan fingerprint density at radius 3 is 1.65 bits per heavy atom. The van der Waals surface area contributed by atoms with E-state index in [-0.39, 0.29) is 66.5 Å². The van der Waals surface area contributed by atoms with Crippen molar-refractivity contribution in [1.82, 2.24) is 0 Å². The van der Waals surface area contributed by atoms with Crippen molar-refractivity contribution in [3.8, 4) is 17.2 Å². The molecule has 0 aliphatic heterocycles. The third-order valence-electron chi connectivity index (χ3n) is 11.0. The number of phenols is 1. The molecule has 8 rings (SSSR count). The molecule has 0 aromatic heterocycles. The number of methoxy groups -OCH3 is 2. The van der Waals surface area contributed by atoms with Crippen molar-refractivity contribution in [3.63, 3.8) is 0 Å². The van der Waals surface area contributed by atoms with Gasteiger partial charge < -0.3 is 19.9 Å². The Balaban J connectivity index is 1.15.